The van der Waals surface area contributed by atoms with Crippen LogP contribution in [0.2, 0.25) is 0 Å². The number of hydrogen-bond acceptors (Lipinski definition) is 2. The van der Waals surface area contributed by atoms with E-state index in [2.05, 4.69) is 19.9 Å². The number of phenolic OH excluding ortho intramolecular Hbond substituents is 1. The van der Waals surface area contributed by atoms with Gasteiger partial charge in [0.1, 0.15) is 5.75 Å². The first-order valence-corrected chi connectivity index (χ1v) is 8.99. The van der Waals surface area contributed by atoms with Crippen molar-refractivity contribution in [1.82, 2.24) is 0 Å². The molecule has 22 heavy (non-hydrogen) atoms. The first-order valence-electron chi connectivity index (χ1n) is 8.55. The third-order valence-electron chi connectivity index (χ3n) is 6.99. The average Bonchev–Trinajstić information content (AvgIpc) is 2.70. The Balaban J connectivity index is 1.76. The Bertz CT molecular complexity index is 601. The van der Waals surface area contributed by atoms with Crippen LogP contribution in [0.25, 0.3) is 0 Å². The van der Waals surface area contributed by atoms with Crippen LogP contribution < -0.4 is 0 Å². The predicted octanol–water partition coefficient (Wildman–Crippen LogP) is 4.07. The van der Waals surface area contributed by atoms with E-state index < -0.39 is 0 Å². The summed E-state index contributed by atoms with van der Waals surface area (Å²) >= 11 is 6.44. The number of hydrogen-bond donors (Lipinski definition) is 2. The number of benzene rings is 1. The molecule has 120 valence electrons. The van der Waals surface area contributed by atoms with E-state index in [1.807, 2.05) is 12.1 Å². The van der Waals surface area contributed by atoms with Gasteiger partial charge in [0.05, 0.1) is 11.5 Å². The zero-order valence-electron chi connectivity index (χ0n) is 13.3. The lowest BCUT2D eigenvalue weighted by Crippen LogP contribution is -2.47. The zero-order valence-corrected chi connectivity index (χ0v) is 14.1. The van der Waals surface area contributed by atoms with Gasteiger partial charge in [0, 0.05) is 0 Å². The minimum atomic E-state index is -0.367. The van der Waals surface area contributed by atoms with Crippen LogP contribution in [-0.2, 0) is 6.42 Å². The third-order valence-corrected chi connectivity index (χ3v) is 7.41. The highest BCUT2D eigenvalue weighted by Gasteiger charge is 2.58. The van der Waals surface area contributed by atoms with Gasteiger partial charge in [-0.2, -0.15) is 0 Å². The highest BCUT2D eigenvalue weighted by molar-refractivity contribution is 6.21. The first-order chi connectivity index (χ1) is 10.4. The molecule has 2 N–H and O–H groups in total. The normalized spacial score (nSPS) is 46.7. The predicted molar refractivity (Wildman–Crippen MR) is 88.3 cm³/mol. The topological polar surface area (TPSA) is 40.5 Å². The maximum absolute atomic E-state index is 10.6. The monoisotopic (exact) mass is 320 g/mol. The molecular formula is C19H25ClO2. The molecule has 3 heteroatoms. The lowest BCUT2D eigenvalue weighted by atomic mass is 9.53. The van der Waals surface area contributed by atoms with Gasteiger partial charge in [0.25, 0.3) is 0 Å². The number of alkyl halides is 1. The smallest absolute Gasteiger partial charge is 0.115 e. The standard InChI is InChI=1S/C19H25ClO2/c1-10-7-11-8-12(21)3-4-13(11)14-5-6-19(2)15(17(10)14)9-16(20)18(19)22/h3-4,8,10,14-18,21-22H,5-7,9H2,1-2H3/t10-,14-,15+,16-,17-,18-,19+/m1/s1. The molecule has 7 atom stereocenters. The van der Waals surface area contributed by atoms with E-state index in [9.17, 15) is 10.2 Å². The molecule has 2 fully saturated rings. The molecule has 0 aliphatic heterocycles. The molecule has 0 bridgehead atoms. The van der Waals surface area contributed by atoms with Crippen LogP contribution in [-0.4, -0.2) is 21.7 Å². The average molecular weight is 321 g/mol. The molecular weight excluding hydrogens is 296 g/mol. The van der Waals surface area contributed by atoms with Gasteiger partial charge in [-0.3, -0.25) is 0 Å². The van der Waals surface area contributed by atoms with E-state index >= 15 is 0 Å². The number of fused-ring (bicyclic) bond motifs is 5. The highest BCUT2D eigenvalue weighted by atomic mass is 35.5. The summed E-state index contributed by atoms with van der Waals surface area (Å²) in [5.41, 5.74) is 2.73. The zero-order chi connectivity index (χ0) is 15.6. The van der Waals surface area contributed by atoms with E-state index in [0.29, 0.717) is 29.4 Å². The molecule has 2 saturated carbocycles. The fourth-order valence-electron chi connectivity index (χ4n) is 5.91. The van der Waals surface area contributed by atoms with E-state index in [1.165, 1.54) is 11.1 Å². The largest absolute Gasteiger partial charge is 0.508 e. The Kier molecular flexibility index (Phi) is 3.29. The van der Waals surface area contributed by atoms with Gasteiger partial charge in [-0.15, -0.1) is 11.6 Å². The van der Waals surface area contributed by atoms with Gasteiger partial charge < -0.3 is 10.2 Å². The van der Waals surface area contributed by atoms with Crippen molar-refractivity contribution < 1.29 is 10.2 Å². The molecule has 0 unspecified atom stereocenters. The van der Waals surface area contributed by atoms with Gasteiger partial charge in [-0.05, 0) is 78.0 Å². The van der Waals surface area contributed by atoms with Gasteiger partial charge >= 0.3 is 0 Å². The van der Waals surface area contributed by atoms with Crippen LogP contribution in [0.1, 0.15) is 50.2 Å². The summed E-state index contributed by atoms with van der Waals surface area (Å²) in [7, 11) is 0. The summed E-state index contributed by atoms with van der Waals surface area (Å²) in [5.74, 6) is 2.64. The van der Waals surface area contributed by atoms with Crippen molar-refractivity contribution in [3.8, 4) is 5.75 Å². The quantitative estimate of drug-likeness (QED) is 0.707. The second-order valence-electron chi connectivity index (χ2n) is 8.10. The van der Waals surface area contributed by atoms with Crippen LogP contribution in [0, 0.1) is 23.2 Å². The van der Waals surface area contributed by atoms with Crippen molar-refractivity contribution in [3.05, 3.63) is 29.3 Å². The fourth-order valence-corrected chi connectivity index (χ4v) is 6.39. The lowest BCUT2D eigenvalue weighted by Gasteiger charge is -2.52. The summed E-state index contributed by atoms with van der Waals surface area (Å²) in [6, 6.07) is 5.90. The molecule has 1 aromatic rings. The molecule has 1 aromatic carbocycles. The number of aliphatic hydroxyl groups is 1. The molecule has 0 amide bonds. The highest BCUT2D eigenvalue weighted by Crippen LogP contribution is 2.62. The summed E-state index contributed by atoms with van der Waals surface area (Å²) in [6.07, 6.45) is 3.78. The van der Waals surface area contributed by atoms with E-state index in [0.717, 1.165) is 25.7 Å². The molecule has 3 aliphatic carbocycles. The number of halogens is 1. The minimum absolute atomic E-state index is 0.0176. The second kappa shape index (κ2) is 4.88. The summed E-state index contributed by atoms with van der Waals surface area (Å²) in [6.45, 7) is 4.59. The van der Waals surface area contributed by atoms with E-state index in [-0.39, 0.29) is 16.9 Å². The Hall–Kier alpha value is -0.730. The van der Waals surface area contributed by atoms with Crippen molar-refractivity contribution in [3.63, 3.8) is 0 Å². The van der Waals surface area contributed by atoms with Crippen molar-refractivity contribution in [2.75, 3.05) is 0 Å². The second-order valence-corrected chi connectivity index (χ2v) is 8.66. The molecule has 0 heterocycles. The first kappa shape index (κ1) is 14.8. The Morgan fingerprint density at radius 1 is 1.32 bits per heavy atom. The van der Waals surface area contributed by atoms with E-state index in [1.54, 1.807) is 0 Å². The Labute approximate surface area is 137 Å². The van der Waals surface area contributed by atoms with Crippen molar-refractivity contribution in [2.45, 2.75) is 56.9 Å². The van der Waals surface area contributed by atoms with Crippen molar-refractivity contribution in [2.24, 2.45) is 23.2 Å². The SMILES string of the molecule is C[C@@H]1Cc2cc(O)ccc2[C@H]2CC[C@]3(C)[C@H](O)[C@H](Cl)C[C@H]3[C@H]12. The Morgan fingerprint density at radius 2 is 2.09 bits per heavy atom. The van der Waals surface area contributed by atoms with Crippen LogP contribution in [0.3, 0.4) is 0 Å². The van der Waals surface area contributed by atoms with Gasteiger partial charge in [0.2, 0.25) is 0 Å². The summed E-state index contributed by atoms with van der Waals surface area (Å²) in [4.78, 5) is 0. The van der Waals surface area contributed by atoms with Crippen molar-refractivity contribution in [1.29, 1.82) is 0 Å². The number of aliphatic hydroxyl groups excluding tert-OH is 1. The molecule has 0 spiro atoms. The molecule has 0 radical (unpaired) electrons. The maximum Gasteiger partial charge on any atom is 0.115 e. The van der Waals surface area contributed by atoms with Gasteiger partial charge in [-0.1, -0.05) is 19.9 Å². The van der Waals surface area contributed by atoms with Crippen LogP contribution in [0.5, 0.6) is 5.75 Å². The summed E-state index contributed by atoms with van der Waals surface area (Å²) < 4.78 is 0. The lowest BCUT2D eigenvalue weighted by molar-refractivity contribution is -0.0351. The molecule has 0 aromatic heterocycles. The molecule has 4 rings (SSSR count). The minimum Gasteiger partial charge on any atom is -0.508 e. The van der Waals surface area contributed by atoms with Crippen LogP contribution in [0.15, 0.2) is 18.2 Å². The number of phenols is 1. The van der Waals surface area contributed by atoms with E-state index in [4.69, 9.17) is 11.6 Å². The van der Waals surface area contributed by atoms with Gasteiger partial charge in [-0.25, -0.2) is 0 Å². The summed E-state index contributed by atoms with van der Waals surface area (Å²) in [5, 5.41) is 20.3. The number of rotatable bonds is 0. The Morgan fingerprint density at radius 3 is 2.86 bits per heavy atom. The third kappa shape index (κ3) is 1.89. The van der Waals surface area contributed by atoms with Crippen LogP contribution >= 0.6 is 11.6 Å². The molecule has 2 nitrogen and oxygen atoms in total. The molecule has 0 saturated heterocycles. The van der Waals surface area contributed by atoms with Crippen LogP contribution in [0.4, 0.5) is 0 Å². The number of aromatic hydroxyl groups is 1. The fraction of sp³-hybridized carbons (Fsp3) is 0.684. The van der Waals surface area contributed by atoms with Crippen molar-refractivity contribution >= 4 is 11.6 Å². The van der Waals surface area contributed by atoms with Gasteiger partial charge in [0.15, 0.2) is 0 Å². The maximum atomic E-state index is 10.6. The molecule has 3 aliphatic rings.